The zero-order valence-electron chi connectivity index (χ0n) is 18.0. The molecule has 0 aliphatic heterocycles. The van der Waals surface area contributed by atoms with Crippen molar-refractivity contribution in [2.45, 2.75) is 78.9 Å². The Balaban J connectivity index is 2.25. The van der Waals surface area contributed by atoms with Gasteiger partial charge >= 0.3 is 0 Å². The molecule has 0 aliphatic carbocycles. The molecule has 0 atom stereocenters. The lowest BCUT2D eigenvalue weighted by molar-refractivity contribution is -0.117. The van der Waals surface area contributed by atoms with Crippen molar-refractivity contribution in [3.05, 3.63) is 24.0 Å². The molecule has 1 N–H and O–H groups in total. The van der Waals surface area contributed by atoms with Gasteiger partial charge in [-0.2, -0.15) is 0 Å². The first-order valence-corrected chi connectivity index (χ1v) is 10.2. The van der Waals surface area contributed by atoms with Gasteiger partial charge in [0.25, 0.3) is 0 Å². The van der Waals surface area contributed by atoms with Crippen molar-refractivity contribution in [3.63, 3.8) is 0 Å². The minimum atomic E-state index is -0.281. The maximum absolute atomic E-state index is 11.6. The minimum absolute atomic E-state index is 0.0493. The van der Waals surface area contributed by atoms with Crippen molar-refractivity contribution in [2.24, 2.45) is 5.92 Å². The second kappa shape index (κ2) is 12.4. The quantitative estimate of drug-likeness (QED) is 0.388. The van der Waals surface area contributed by atoms with Gasteiger partial charge in [0.15, 0.2) is 5.78 Å². The molecule has 0 radical (unpaired) electrons. The Kier molecular flexibility index (Phi) is 10.7. The number of hydrogen-bond donors (Lipinski definition) is 1. The minimum Gasteiger partial charge on any atom is -0.374 e. The molecule has 0 aromatic carbocycles. The molecular weight excluding hydrogens is 356 g/mol. The van der Waals surface area contributed by atoms with Crippen LogP contribution in [-0.4, -0.2) is 45.4 Å². The summed E-state index contributed by atoms with van der Waals surface area (Å²) in [5.74, 6) is 0.354. The summed E-state index contributed by atoms with van der Waals surface area (Å²) >= 11 is 0. The molecule has 1 aromatic heterocycles. The first-order chi connectivity index (χ1) is 13.2. The number of aromatic nitrogens is 3. The fourth-order valence-electron chi connectivity index (χ4n) is 2.53. The molecule has 1 aromatic rings. The van der Waals surface area contributed by atoms with Crippen LogP contribution in [0.5, 0.6) is 0 Å². The number of carbonyl (C=O) groups is 2. The number of hydrogen-bond acceptors (Lipinski definition) is 5. The van der Waals surface area contributed by atoms with Crippen molar-refractivity contribution in [1.29, 1.82) is 0 Å². The summed E-state index contributed by atoms with van der Waals surface area (Å²) in [7, 11) is 0. The lowest BCUT2D eigenvalue weighted by Gasteiger charge is -2.25. The second-order valence-corrected chi connectivity index (χ2v) is 8.10. The Labute approximate surface area is 168 Å². The summed E-state index contributed by atoms with van der Waals surface area (Å²) in [5, 5.41) is 11.2. The summed E-state index contributed by atoms with van der Waals surface area (Å²) in [6, 6.07) is 0. The number of amides is 1. The van der Waals surface area contributed by atoms with Crippen LogP contribution in [0.4, 0.5) is 0 Å². The van der Waals surface area contributed by atoms with E-state index in [-0.39, 0.29) is 17.3 Å². The lowest BCUT2D eigenvalue weighted by atomic mass is 10.1. The highest BCUT2D eigenvalue weighted by Crippen LogP contribution is 2.14. The Hall–Kier alpha value is -2.02. The third kappa shape index (κ3) is 11.0. The van der Waals surface area contributed by atoms with Gasteiger partial charge in [-0.05, 0) is 51.5 Å². The average Bonchev–Trinajstić information content (AvgIpc) is 3.05. The first-order valence-electron chi connectivity index (χ1n) is 10.2. The summed E-state index contributed by atoms with van der Waals surface area (Å²) in [6.07, 6.45) is 8.60. The molecule has 0 aliphatic rings. The average molecular weight is 393 g/mol. The van der Waals surface area contributed by atoms with Crippen molar-refractivity contribution in [1.82, 2.24) is 20.3 Å². The topological polar surface area (TPSA) is 86.1 Å². The maximum atomic E-state index is 11.6. The van der Waals surface area contributed by atoms with Crippen molar-refractivity contribution < 1.29 is 14.3 Å². The van der Waals surface area contributed by atoms with Crippen LogP contribution in [0.15, 0.2) is 18.3 Å². The van der Waals surface area contributed by atoms with Gasteiger partial charge in [0.1, 0.15) is 0 Å². The van der Waals surface area contributed by atoms with Crippen molar-refractivity contribution >= 4 is 11.7 Å². The monoisotopic (exact) mass is 392 g/mol. The van der Waals surface area contributed by atoms with Crippen molar-refractivity contribution in [3.8, 4) is 0 Å². The van der Waals surface area contributed by atoms with Gasteiger partial charge in [0, 0.05) is 31.8 Å². The third-order valence-electron chi connectivity index (χ3n) is 4.24. The van der Waals surface area contributed by atoms with Crippen LogP contribution in [0, 0.1) is 5.92 Å². The number of aryl methyl sites for hydroxylation is 1. The number of carbonyl (C=O) groups excluding carboxylic acids is 2. The van der Waals surface area contributed by atoms with Gasteiger partial charge in [0.05, 0.1) is 17.8 Å². The zero-order chi connectivity index (χ0) is 21.0. The van der Waals surface area contributed by atoms with E-state index in [1.54, 1.807) is 6.92 Å². The summed E-state index contributed by atoms with van der Waals surface area (Å²) in [4.78, 5) is 22.7. The second-order valence-electron chi connectivity index (χ2n) is 8.10. The lowest BCUT2D eigenvalue weighted by Crippen LogP contribution is -2.31. The largest absolute Gasteiger partial charge is 0.374 e. The van der Waals surface area contributed by atoms with Crippen LogP contribution in [0.3, 0.4) is 0 Å². The van der Waals surface area contributed by atoms with Gasteiger partial charge in [-0.25, -0.2) is 4.68 Å². The number of unbranched alkanes of at least 4 members (excludes halogenated alkanes) is 1. The van der Waals surface area contributed by atoms with E-state index < -0.39 is 0 Å². The SMILES string of the molecule is CCC(=O)/C=C/C(=O)NCCCCc1cn(CC(C)(C)OCCC(C)C)nn1. The summed E-state index contributed by atoms with van der Waals surface area (Å²) in [5.41, 5.74) is 0.661. The fourth-order valence-corrected chi connectivity index (χ4v) is 2.53. The molecule has 7 nitrogen and oxygen atoms in total. The molecule has 7 heteroatoms. The fraction of sp³-hybridized carbons (Fsp3) is 0.714. The van der Waals surface area contributed by atoms with Gasteiger partial charge in [-0.1, -0.05) is 26.0 Å². The molecule has 0 unspecified atom stereocenters. The van der Waals surface area contributed by atoms with Gasteiger partial charge < -0.3 is 10.1 Å². The molecular formula is C21H36N4O3. The van der Waals surface area contributed by atoms with E-state index >= 15 is 0 Å². The summed E-state index contributed by atoms with van der Waals surface area (Å²) < 4.78 is 7.81. The van der Waals surface area contributed by atoms with E-state index in [1.165, 1.54) is 12.2 Å². The highest BCUT2D eigenvalue weighted by atomic mass is 16.5. The number of nitrogens with zero attached hydrogens (tertiary/aromatic N) is 3. The van der Waals surface area contributed by atoms with E-state index in [2.05, 4.69) is 43.3 Å². The summed E-state index contributed by atoms with van der Waals surface area (Å²) in [6.45, 7) is 12.3. The number of ether oxygens (including phenoxy) is 1. The molecule has 0 saturated carbocycles. The smallest absolute Gasteiger partial charge is 0.244 e. The molecule has 0 bridgehead atoms. The molecule has 1 rings (SSSR count). The molecule has 158 valence electrons. The van der Waals surface area contributed by atoms with E-state index in [1.807, 2.05) is 10.9 Å². The molecule has 0 spiro atoms. The number of allylic oxidation sites excluding steroid dienone is 1. The Morgan fingerprint density at radius 2 is 2.04 bits per heavy atom. The van der Waals surface area contributed by atoms with Gasteiger partial charge in [-0.3, -0.25) is 9.59 Å². The van der Waals surface area contributed by atoms with Crippen LogP contribution in [0.1, 0.15) is 66.0 Å². The van der Waals surface area contributed by atoms with Crippen LogP contribution < -0.4 is 5.32 Å². The molecule has 1 amide bonds. The zero-order valence-corrected chi connectivity index (χ0v) is 18.0. The normalized spacial score (nSPS) is 12.1. The predicted molar refractivity (Wildman–Crippen MR) is 110 cm³/mol. The molecule has 1 heterocycles. The number of ketones is 1. The van der Waals surface area contributed by atoms with Crippen LogP contribution >= 0.6 is 0 Å². The van der Waals surface area contributed by atoms with E-state index in [9.17, 15) is 9.59 Å². The Bertz CT molecular complexity index is 635. The van der Waals surface area contributed by atoms with Gasteiger partial charge in [0.2, 0.25) is 5.91 Å². The molecule has 28 heavy (non-hydrogen) atoms. The van der Waals surface area contributed by atoms with E-state index in [0.717, 1.165) is 38.0 Å². The highest BCUT2D eigenvalue weighted by molar-refractivity contribution is 5.97. The highest BCUT2D eigenvalue weighted by Gasteiger charge is 2.20. The number of rotatable bonds is 14. The van der Waals surface area contributed by atoms with E-state index in [0.29, 0.717) is 25.4 Å². The van der Waals surface area contributed by atoms with Crippen LogP contribution in [0.2, 0.25) is 0 Å². The maximum Gasteiger partial charge on any atom is 0.244 e. The van der Waals surface area contributed by atoms with Crippen LogP contribution in [-0.2, 0) is 27.3 Å². The van der Waals surface area contributed by atoms with Crippen LogP contribution in [0.25, 0.3) is 0 Å². The Morgan fingerprint density at radius 1 is 1.29 bits per heavy atom. The Morgan fingerprint density at radius 3 is 2.71 bits per heavy atom. The van der Waals surface area contributed by atoms with Gasteiger partial charge in [-0.15, -0.1) is 5.10 Å². The number of nitrogens with one attached hydrogen (secondary N) is 1. The third-order valence-corrected chi connectivity index (χ3v) is 4.24. The predicted octanol–water partition coefficient (Wildman–Crippen LogP) is 3.09. The van der Waals surface area contributed by atoms with Crippen molar-refractivity contribution in [2.75, 3.05) is 13.2 Å². The molecule has 0 fully saturated rings. The first kappa shape index (κ1) is 24.0. The molecule has 0 saturated heterocycles. The van der Waals surface area contributed by atoms with E-state index in [4.69, 9.17) is 4.74 Å². The standard InChI is InChI=1S/C21H36N4O3/c1-6-19(26)10-11-20(27)22-13-8-7-9-18-15-25(24-23-18)16-21(4,5)28-14-12-17(2)3/h10-11,15,17H,6-9,12-14,16H2,1-5H3,(H,22,27)/b11-10+.